The van der Waals surface area contributed by atoms with Gasteiger partial charge in [0.1, 0.15) is 11.6 Å². The Bertz CT molecular complexity index is 458. The Balaban J connectivity index is 2.40. The van der Waals surface area contributed by atoms with Gasteiger partial charge in [0, 0.05) is 31.4 Å². The van der Waals surface area contributed by atoms with E-state index in [0.29, 0.717) is 0 Å². The summed E-state index contributed by atoms with van der Waals surface area (Å²) in [4.78, 5) is 4.38. The molecule has 16 heavy (non-hydrogen) atoms. The van der Waals surface area contributed by atoms with Gasteiger partial charge >= 0.3 is 0 Å². The van der Waals surface area contributed by atoms with Crippen LogP contribution in [0.3, 0.4) is 0 Å². The van der Waals surface area contributed by atoms with Gasteiger partial charge in [0.2, 0.25) is 0 Å². The molecule has 1 atom stereocenters. The topological polar surface area (TPSA) is 43.0 Å². The largest absolute Gasteiger partial charge is 0.469 e. The molecule has 0 saturated carbocycles. The van der Waals surface area contributed by atoms with Gasteiger partial charge in [-0.15, -0.1) is 0 Å². The zero-order valence-electron chi connectivity index (χ0n) is 9.90. The Hall–Kier alpha value is -1.55. The summed E-state index contributed by atoms with van der Waals surface area (Å²) in [7, 11) is 3.93. The lowest BCUT2D eigenvalue weighted by atomic mass is 10.1. The summed E-state index contributed by atoms with van der Waals surface area (Å²) >= 11 is 0. The second-order valence-corrected chi connectivity index (χ2v) is 3.77. The highest BCUT2D eigenvalue weighted by Gasteiger charge is 2.20. The standard InChI is InChI=1S/C12H17N3O/c1-4-10-9(5-8-16-10)11(13-2)12-14-6-7-15(12)3/h5-8,11,13H,4H2,1-3H3. The predicted octanol–water partition coefficient (Wildman–Crippen LogP) is 1.88. The van der Waals surface area contributed by atoms with Crippen LogP contribution in [0, 0.1) is 0 Å². The second kappa shape index (κ2) is 4.53. The monoisotopic (exact) mass is 219 g/mol. The van der Waals surface area contributed by atoms with Gasteiger partial charge in [0.15, 0.2) is 0 Å². The molecule has 4 nitrogen and oxygen atoms in total. The molecule has 0 aliphatic carbocycles. The van der Waals surface area contributed by atoms with Gasteiger partial charge < -0.3 is 14.3 Å². The molecular formula is C12H17N3O. The van der Waals surface area contributed by atoms with E-state index >= 15 is 0 Å². The van der Waals surface area contributed by atoms with Crippen LogP contribution < -0.4 is 5.32 Å². The van der Waals surface area contributed by atoms with Crippen molar-refractivity contribution in [1.29, 1.82) is 0 Å². The van der Waals surface area contributed by atoms with E-state index in [1.165, 1.54) is 5.56 Å². The third-order valence-corrected chi connectivity index (χ3v) is 2.82. The first-order valence-electron chi connectivity index (χ1n) is 5.48. The average molecular weight is 219 g/mol. The van der Waals surface area contributed by atoms with Crippen LogP contribution in [0.25, 0.3) is 0 Å². The van der Waals surface area contributed by atoms with E-state index in [1.807, 2.05) is 37.1 Å². The van der Waals surface area contributed by atoms with E-state index in [9.17, 15) is 0 Å². The van der Waals surface area contributed by atoms with Gasteiger partial charge in [-0.25, -0.2) is 4.98 Å². The molecule has 1 unspecified atom stereocenters. The third kappa shape index (κ3) is 1.76. The lowest BCUT2D eigenvalue weighted by Gasteiger charge is -2.15. The van der Waals surface area contributed by atoms with Crippen molar-refractivity contribution in [3.63, 3.8) is 0 Å². The summed E-state index contributed by atoms with van der Waals surface area (Å²) in [5.74, 6) is 2.01. The Kier molecular flexibility index (Phi) is 3.10. The normalized spacial score (nSPS) is 12.9. The quantitative estimate of drug-likeness (QED) is 0.853. The molecule has 4 heteroatoms. The minimum Gasteiger partial charge on any atom is -0.469 e. The number of furan rings is 1. The second-order valence-electron chi connectivity index (χ2n) is 3.77. The molecule has 0 spiro atoms. The molecule has 1 N–H and O–H groups in total. The Morgan fingerprint density at radius 2 is 2.38 bits per heavy atom. The van der Waals surface area contributed by atoms with Crippen molar-refractivity contribution in [3.8, 4) is 0 Å². The molecule has 0 aliphatic heterocycles. The van der Waals surface area contributed by atoms with Crippen LogP contribution in [0.5, 0.6) is 0 Å². The fourth-order valence-corrected chi connectivity index (χ4v) is 1.97. The summed E-state index contributed by atoms with van der Waals surface area (Å²) in [5, 5.41) is 3.28. The van der Waals surface area contributed by atoms with Crippen LogP contribution in [0.4, 0.5) is 0 Å². The SMILES string of the molecule is CCc1occc1C(NC)c1nccn1C. The minimum atomic E-state index is 0.0914. The van der Waals surface area contributed by atoms with Gasteiger partial charge in [-0.05, 0) is 13.1 Å². The van der Waals surface area contributed by atoms with Gasteiger partial charge in [0.05, 0.1) is 12.3 Å². The van der Waals surface area contributed by atoms with E-state index in [0.717, 1.165) is 18.0 Å². The molecule has 0 radical (unpaired) electrons. The molecule has 2 aromatic rings. The maximum Gasteiger partial charge on any atom is 0.130 e. The molecule has 2 aromatic heterocycles. The van der Waals surface area contributed by atoms with E-state index < -0.39 is 0 Å². The van der Waals surface area contributed by atoms with Crippen molar-refractivity contribution in [2.75, 3.05) is 7.05 Å². The van der Waals surface area contributed by atoms with Gasteiger partial charge in [-0.1, -0.05) is 6.92 Å². The maximum absolute atomic E-state index is 5.46. The van der Waals surface area contributed by atoms with Crippen LogP contribution in [0.15, 0.2) is 29.1 Å². The maximum atomic E-state index is 5.46. The molecule has 86 valence electrons. The number of hydrogen-bond acceptors (Lipinski definition) is 3. The third-order valence-electron chi connectivity index (χ3n) is 2.82. The fourth-order valence-electron chi connectivity index (χ4n) is 1.97. The summed E-state index contributed by atoms with van der Waals surface area (Å²) in [6, 6.07) is 2.10. The van der Waals surface area contributed by atoms with E-state index in [1.54, 1.807) is 6.26 Å². The van der Waals surface area contributed by atoms with Crippen molar-refractivity contribution in [2.45, 2.75) is 19.4 Å². The highest BCUT2D eigenvalue weighted by Crippen LogP contribution is 2.24. The number of nitrogens with zero attached hydrogens (tertiary/aromatic N) is 2. The first-order valence-corrected chi connectivity index (χ1v) is 5.48. The first-order chi connectivity index (χ1) is 7.77. The van der Waals surface area contributed by atoms with Crippen molar-refractivity contribution >= 4 is 0 Å². The van der Waals surface area contributed by atoms with E-state index in [2.05, 4.69) is 17.2 Å². The molecule has 0 aromatic carbocycles. The number of aryl methyl sites for hydroxylation is 2. The summed E-state index contributed by atoms with van der Waals surface area (Å²) in [5.41, 5.74) is 1.17. The zero-order chi connectivity index (χ0) is 11.5. The van der Waals surface area contributed by atoms with E-state index in [-0.39, 0.29) is 6.04 Å². The average Bonchev–Trinajstić information content (AvgIpc) is 2.90. The molecule has 0 fully saturated rings. The van der Waals surface area contributed by atoms with Gasteiger partial charge in [0.25, 0.3) is 0 Å². The Morgan fingerprint density at radius 1 is 1.56 bits per heavy atom. The van der Waals surface area contributed by atoms with Crippen LogP contribution in [-0.4, -0.2) is 16.6 Å². The van der Waals surface area contributed by atoms with Crippen molar-refractivity contribution in [2.24, 2.45) is 7.05 Å². The molecule has 0 bridgehead atoms. The molecular weight excluding hydrogens is 202 g/mol. The van der Waals surface area contributed by atoms with Crippen LogP contribution in [0.1, 0.15) is 30.1 Å². The lowest BCUT2D eigenvalue weighted by Crippen LogP contribution is -2.21. The van der Waals surface area contributed by atoms with Crippen LogP contribution >= 0.6 is 0 Å². The number of aromatic nitrogens is 2. The van der Waals surface area contributed by atoms with Crippen LogP contribution in [0.2, 0.25) is 0 Å². The molecule has 2 heterocycles. The Morgan fingerprint density at radius 3 is 2.94 bits per heavy atom. The zero-order valence-corrected chi connectivity index (χ0v) is 9.90. The smallest absolute Gasteiger partial charge is 0.130 e. The fraction of sp³-hybridized carbons (Fsp3) is 0.417. The first kappa shape index (κ1) is 11.0. The van der Waals surface area contributed by atoms with E-state index in [4.69, 9.17) is 4.42 Å². The van der Waals surface area contributed by atoms with Gasteiger partial charge in [-0.3, -0.25) is 0 Å². The number of rotatable bonds is 4. The number of hydrogen-bond donors (Lipinski definition) is 1. The number of imidazole rings is 1. The minimum absolute atomic E-state index is 0.0914. The Labute approximate surface area is 95.3 Å². The highest BCUT2D eigenvalue weighted by atomic mass is 16.3. The van der Waals surface area contributed by atoms with Crippen molar-refractivity contribution < 1.29 is 4.42 Å². The lowest BCUT2D eigenvalue weighted by molar-refractivity contribution is 0.500. The molecule has 0 aliphatic rings. The summed E-state index contributed by atoms with van der Waals surface area (Å²) in [6.07, 6.45) is 6.39. The summed E-state index contributed by atoms with van der Waals surface area (Å²) in [6.45, 7) is 2.09. The molecule has 0 amide bonds. The summed E-state index contributed by atoms with van der Waals surface area (Å²) < 4.78 is 7.48. The predicted molar refractivity (Wildman–Crippen MR) is 62.2 cm³/mol. The van der Waals surface area contributed by atoms with Crippen molar-refractivity contribution in [1.82, 2.24) is 14.9 Å². The van der Waals surface area contributed by atoms with Gasteiger partial charge in [-0.2, -0.15) is 0 Å². The van der Waals surface area contributed by atoms with Crippen LogP contribution in [-0.2, 0) is 13.5 Å². The molecule has 0 saturated heterocycles. The molecule has 2 rings (SSSR count). The van der Waals surface area contributed by atoms with Crippen molar-refractivity contribution in [3.05, 3.63) is 41.9 Å². The number of nitrogens with one attached hydrogen (secondary N) is 1. The highest BCUT2D eigenvalue weighted by molar-refractivity contribution is 5.27.